The van der Waals surface area contributed by atoms with Crippen molar-refractivity contribution in [2.45, 2.75) is 25.8 Å². The van der Waals surface area contributed by atoms with Crippen molar-refractivity contribution < 1.29 is 9.59 Å². The van der Waals surface area contributed by atoms with Crippen molar-refractivity contribution in [3.05, 3.63) is 47.4 Å². The molecule has 2 amide bonds. The highest BCUT2D eigenvalue weighted by Crippen LogP contribution is 2.26. The Kier molecular flexibility index (Phi) is 5.10. The molecule has 1 aliphatic rings. The van der Waals surface area contributed by atoms with Gasteiger partial charge in [0.25, 0.3) is 5.91 Å². The van der Waals surface area contributed by atoms with Crippen LogP contribution in [0.25, 0.3) is 16.9 Å². The summed E-state index contributed by atoms with van der Waals surface area (Å²) in [5.41, 5.74) is 7.81. The number of hydrogen-bond donors (Lipinski definition) is 2. The second-order valence-electron chi connectivity index (χ2n) is 7.13. The molecule has 2 aromatic heterocycles. The van der Waals surface area contributed by atoms with Gasteiger partial charge >= 0.3 is 0 Å². The normalized spacial score (nSPS) is 16.8. The molecule has 150 valence electrons. The van der Waals surface area contributed by atoms with E-state index in [1.807, 2.05) is 17.0 Å². The van der Waals surface area contributed by atoms with Crippen molar-refractivity contribution >= 4 is 34.9 Å². The van der Waals surface area contributed by atoms with Gasteiger partial charge in [0.05, 0.1) is 11.9 Å². The number of primary amides is 1. The molecule has 3 aromatic rings. The van der Waals surface area contributed by atoms with Crippen LogP contribution in [0.1, 0.15) is 30.3 Å². The van der Waals surface area contributed by atoms with Crippen molar-refractivity contribution in [2.24, 2.45) is 5.73 Å². The van der Waals surface area contributed by atoms with Crippen LogP contribution in [0.4, 0.5) is 5.82 Å². The van der Waals surface area contributed by atoms with E-state index in [0.717, 1.165) is 24.9 Å². The molecule has 3 N–H and O–H groups in total. The Bertz CT molecular complexity index is 1080. The van der Waals surface area contributed by atoms with E-state index in [-0.39, 0.29) is 17.6 Å². The molecule has 4 rings (SSSR count). The SMILES string of the molecule is CC(=O)N1CCCC(Nc2ncc(C(N)=O)n3cc(-c4ccc(Cl)cc4)nc23)C1. The number of rotatable bonds is 4. The van der Waals surface area contributed by atoms with Crippen LogP contribution < -0.4 is 11.1 Å². The monoisotopic (exact) mass is 412 g/mol. The summed E-state index contributed by atoms with van der Waals surface area (Å²) in [5.74, 6) is 0.0182. The summed E-state index contributed by atoms with van der Waals surface area (Å²) in [6.07, 6.45) is 5.03. The van der Waals surface area contributed by atoms with Gasteiger partial charge in [-0.25, -0.2) is 9.97 Å². The van der Waals surface area contributed by atoms with E-state index >= 15 is 0 Å². The number of nitrogens with two attached hydrogens (primary N) is 1. The molecule has 9 heteroatoms. The maximum atomic E-state index is 11.9. The fourth-order valence-electron chi connectivity index (χ4n) is 3.59. The quantitative estimate of drug-likeness (QED) is 0.685. The topological polar surface area (TPSA) is 106 Å². The summed E-state index contributed by atoms with van der Waals surface area (Å²) in [4.78, 5) is 34.5. The molecule has 0 spiro atoms. The van der Waals surface area contributed by atoms with E-state index in [1.165, 1.54) is 6.20 Å². The van der Waals surface area contributed by atoms with Gasteiger partial charge in [-0.3, -0.25) is 14.0 Å². The molecule has 0 saturated carbocycles. The first kappa shape index (κ1) is 19.2. The van der Waals surface area contributed by atoms with Crippen LogP contribution in [-0.4, -0.2) is 50.2 Å². The zero-order valence-electron chi connectivity index (χ0n) is 15.9. The highest BCUT2D eigenvalue weighted by Gasteiger charge is 2.23. The maximum Gasteiger partial charge on any atom is 0.267 e. The lowest BCUT2D eigenvalue weighted by Crippen LogP contribution is -2.44. The lowest BCUT2D eigenvalue weighted by molar-refractivity contribution is -0.129. The summed E-state index contributed by atoms with van der Waals surface area (Å²) in [5, 5.41) is 4.02. The predicted molar refractivity (Wildman–Crippen MR) is 111 cm³/mol. The number of aromatic nitrogens is 3. The molecular formula is C20H21ClN6O2. The summed E-state index contributed by atoms with van der Waals surface area (Å²) in [6.45, 7) is 2.94. The Morgan fingerprint density at radius 1 is 1.28 bits per heavy atom. The standard InChI is InChI=1S/C20H21ClN6O2/c1-12(28)26-8-2-3-15(10-26)24-19-20-25-16(13-4-6-14(21)7-5-13)11-27(20)17(9-23-19)18(22)29/h4-7,9,11,15H,2-3,8,10H2,1H3,(H2,22,29)(H,23,24). The van der Waals surface area contributed by atoms with Crippen molar-refractivity contribution in [2.75, 3.05) is 18.4 Å². The van der Waals surface area contributed by atoms with Gasteiger partial charge in [-0.15, -0.1) is 0 Å². The second kappa shape index (κ2) is 7.71. The number of amides is 2. The Morgan fingerprint density at radius 2 is 2.03 bits per heavy atom. The fourth-order valence-corrected chi connectivity index (χ4v) is 3.72. The van der Waals surface area contributed by atoms with Crippen LogP contribution >= 0.6 is 11.6 Å². The van der Waals surface area contributed by atoms with E-state index in [4.69, 9.17) is 17.3 Å². The Labute approximate surface area is 172 Å². The maximum absolute atomic E-state index is 11.9. The number of carbonyl (C=O) groups is 2. The van der Waals surface area contributed by atoms with Gasteiger partial charge in [-0.05, 0) is 25.0 Å². The Balaban J connectivity index is 1.72. The van der Waals surface area contributed by atoms with Crippen molar-refractivity contribution in [3.63, 3.8) is 0 Å². The van der Waals surface area contributed by atoms with Crippen molar-refractivity contribution in [1.82, 2.24) is 19.3 Å². The van der Waals surface area contributed by atoms with Gasteiger partial charge in [0.1, 0.15) is 5.69 Å². The van der Waals surface area contributed by atoms with E-state index in [2.05, 4.69) is 15.3 Å². The molecule has 29 heavy (non-hydrogen) atoms. The molecule has 0 aliphatic carbocycles. The van der Waals surface area contributed by atoms with Gasteiger partial charge in [-0.2, -0.15) is 0 Å². The van der Waals surface area contributed by atoms with Gasteiger partial charge in [-0.1, -0.05) is 23.7 Å². The predicted octanol–water partition coefficient (Wildman–Crippen LogP) is 2.57. The zero-order valence-corrected chi connectivity index (χ0v) is 16.7. The lowest BCUT2D eigenvalue weighted by Gasteiger charge is -2.32. The number of benzene rings is 1. The molecule has 1 saturated heterocycles. The lowest BCUT2D eigenvalue weighted by atomic mass is 10.1. The number of hydrogen-bond acceptors (Lipinski definition) is 5. The van der Waals surface area contributed by atoms with Crippen molar-refractivity contribution in [3.8, 4) is 11.3 Å². The summed E-state index contributed by atoms with van der Waals surface area (Å²) >= 11 is 5.98. The minimum atomic E-state index is -0.588. The summed E-state index contributed by atoms with van der Waals surface area (Å²) in [6, 6.07) is 7.34. The van der Waals surface area contributed by atoms with E-state index in [1.54, 1.807) is 29.7 Å². The first-order chi connectivity index (χ1) is 13.9. The molecule has 1 fully saturated rings. The highest BCUT2D eigenvalue weighted by molar-refractivity contribution is 6.30. The number of carbonyl (C=O) groups excluding carboxylic acids is 2. The molecule has 1 atom stereocenters. The van der Waals surface area contributed by atoms with Crippen LogP contribution in [0.3, 0.4) is 0 Å². The van der Waals surface area contributed by atoms with E-state index in [9.17, 15) is 9.59 Å². The molecule has 1 aromatic carbocycles. The summed E-state index contributed by atoms with van der Waals surface area (Å²) < 4.78 is 1.65. The number of imidazole rings is 1. The third kappa shape index (κ3) is 3.88. The van der Waals surface area contributed by atoms with Crippen LogP contribution in [0.5, 0.6) is 0 Å². The number of nitrogens with one attached hydrogen (secondary N) is 1. The minimum absolute atomic E-state index is 0.0547. The fraction of sp³-hybridized carbons (Fsp3) is 0.300. The van der Waals surface area contributed by atoms with Crippen molar-refractivity contribution in [1.29, 1.82) is 0 Å². The number of halogens is 1. The van der Waals surface area contributed by atoms with Crippen LogP contribution in [-0.2, 0) is 4.79 Å². The van der Waals surface area contributed by atoms with Gasteiger partial charge in [0.15, 0.2) is 11.5 Å². The van der Waals surface area contributed by atoms with Crippen LogP contribution in [0.15, 0.2) is 36.7 Å². The Hall–Kier alpha value is -3.13. The van der Waals surface area contributed by atoms with Gasteiger partial charge in [0, 0.05) is 42.8 Å². The third-order valence-electron chi connectivity index (χ3n) is 5.09. The molecule has 3 heterocycles. The second-order valence-corrected chi connectivity index (χ2v) is 7.57. The molecule has 0 bridgehead atoms. The van der Waals surface area contributed by atoms with Crippen LogP contribution in [0, 0.1) is 0 Å². The molecule has 1 aliphatic heterocycles. The number of piperidine rings is 1. The molecule has 0 radical (unpaired) electrons. The first-order valence-corrected chi connectivity index (χ1v) is 9.76. The third-order valence-corrected chi connectivity index (χ3v) is 5.35. The first-order valence-electron chi connectivity index (χ1n) is 9.38. The van der Waals surface area contributed by atoms with Gasteiger partial charge < -0.3 is 16.0 Å². The zero-order chi connectivity index (χ0) is 20.5. The molecular weight excluding hydrogens is 392 g/mol. The van der Waals surface area contributed by atoms with E-state index in [0.29, 0.717) is 28.7 Å². The Morgan fingerprint density at radius 3 is 2.72 bits per heavy atom. The number of anilines is 1. The van der Waals surface area contributed by atoms with Crippen LogP contribution in [0.2, 0.25) is 5.02 Å². The largest absolute Gasteiger partial charge is 0.364 e. The minimum Gasteiger partial charge on any atom is -0.364 e. The molecule has 1 unspecified atom stereocenters. The average molecular weight is 413 g/mol. The number of fused-ring (bicyclic) bond motifs is 1. The number of likely N-dealkylation sites (tertiary alicyclic amines) is 1. The average Bonchev–Trinajstić information content (AvgIpc) is 3.14. The highest BCUT2D eigenvalue weighted by atomic mass is 35.5. The summed E-state index contributed by atoms with van der Waals surface area (Å²) in [7, 11) is 0. The van der Waals surface area contributed by atoms with E-state index < -0.39 is 5.91 Å². The molecule has 8 nitrogen and oxygen atoms in total. The van der Waals surface area contributed by atoms with Gasteiger partial charge in [0.2, 0.25) is 5.91 Å². The smallest absolute Gasteiger partial charge is 0.267 e. The number of nitrogens with zero attached hydrogens (tertiary/aromatic N) is 4.